The molecule has 3 aromatic heterocycles. The summed E-state index contributed by atoms with van der Waals surface area (Å²) < 4.78 is 7.24. The lowest BCUT2D eigenvalue weighted by atomic mass is 10.0. The minimum atomic E-state index is -0.569. The van der Waals surface area contributed by atoms with E-state index in [9.17, 15) is 14.7 Å². The third kappa shape index (κ3) is 8.47. The van der Waals surface area contributed by atoms with Gasteiger partial charge in [-0.05, 0) is 75.9 Å². The molecule has 2 aliphatic rings. The highest BCUT2D eigenvalue weighted by Crippen LogP contribution is 2.41. The molecule has 12 nitrogen and oxygen atoms in total. The largest absolute Gasteiger partial charge is 0.459 e. The molecule has 0 saturated carbocycles. The summed E-state index contributed by atoms with van der Waals surface area (Å²) in [6, 6.07) is 16.6. The number of benzene rings is 2. The summed E-state index contributed by atoms with van der Waals surface area (Å²) in [5.41, 5.74) is 4.60. The monoisotopic (exact) mass is 756 g/mol. The van der Waals surface area contributed by atoms with Gasteiger partial charge in [-0.15, -0.1) is 0 Å². The Bertz CT molecular complexity index is 2170. The number of nitrogens with one attached hydrogen (secondary N) is 3. The SMILES string of the molecule is CC(C)(C)OC(=O)CN[C@H]1CCCn2nc(C(=O)Nc3cccc(-c4cccc(Nc5nccc6cc(CN7CC[C@@H](O)C7)cnc56)c4Cl)c3Cl)cc21. The van der Waals surface area contributed by atoms with E-state index in [1.807, 2.05) is 57.3 Å². The highest BCUT2D eigenvalue weighted by molar-refractivity contribution is 6.39. The van der Waals surface area contributed by atoms with Gasteiger partial charge in [-0.1, -0.05) is 47.5 Å². The topological polar surface area (TPSA) is 147 Å². The number of halogens is 2. The summed E-state index contributed by atoms with van der Waals surface area (Å²) in [7, 11) is 0. The number of nitrogens with zero attached hydrogens (tertiary/aromatic N) is 5. The second-order valence-corrected chi connectivity index (χ2v) is 15.3. The van der Waals surface area contributed by atoms with Crippen LogP contribution in [-0.2, 0) is 22.6 Å². The molecule has 5 aromatic rings. The van der Waals surface area contributed by atoms with E-state index in [1.54, 1.807) is 29.1 Å². The van der Waals surface area contributed by atoms with Crippen LogP contribution in [0.2, 0.25) is 10.0 Å². The summed E-state index contributed by atoms with van der Waals surface area (Å²) >= 11 is 14.0. The molecular weight excluding hydrogens is 715 g/mol. The number of carbonyl (C=O) groups excluding carboxylic acids is 2. The fourth-order valence-electron chi connectivity index (χ4n) is 6.87. The number of aromatic nitrogens is 4. The molecular formula is C39H42Cl2N8O4. The van der Waals surface area contributed by atoms with Crippen LogP contribution in [0.5, 0.6) is 0 Å². The van der Waals surface area contributed by atoms with E-state index in [1.165, 1.54) is 0 Å². The van der Waals surface area contributed by atoms with Crippen LogP contribution < -0.4 is 16.0 Å². The second kappa shape index (κ2) is 15.4. The predicted octanol–water partition coefficient (Wildman–Crippen LogP) is 7.13. The van der Waals surface area contributed by atoms with Gasteiger partial charge in [0.25, 0.3) is 5.91 Å². The number of β-amino-alcohol motifs (C(OH)–C–C–N with tert-alkyl or cyclic N) is 1. The molecule has 2 atom stereocenters. The van der Waals surface area contributed by atoms with Crippen molar-refractivity contribution in [3.8, 4) is 11.1 Å². The average molecular weight is 758 g/mol. The number of hydrogen-bond acceptors (Lipinski definition) is 10. The fourth-order valence-corrected chi connectivity index (χ4v) is 7.42. The maximum Gasteiger partial charge on any atom is 0.320 e. The highest BCUT2D eigenvalue weighted by atomic mass is 35.5. The van der Waals surface area contributed by atoms with Crippen molar-refractivity contribution in [2.45, 2.75) is 70.9 Å². The number of aliphatic hydroxyl groups is 1. The Morgan fingerprint density at radius 1 is 0.981 bits per heavy atom. The minimum Gasteiger partial charge on any atom is -0.459 e. The van der Waals surface area contributed by atoms with Crippen molar-refractivity contribution in [1.29, 1.82) is 0 Å². The third-order valence-electron chi connectivity index (χ3n) is 9.27. The highest BCUT2D eigenvalue weighted by Gasteiger charge is 2.27. The van der Waals surface area contributed by atoms with Crippen LogP contribution >= 0.6 is 23.2 Å². The molecule has 276 valence electrons. The first-order chi connectivity index (χ1) is 25.4. The number of ether oxygens (including phenoxy) is 1. The predicted molar refractivity (Wildman–Crippen MR) is 207 cm³/mol. The number of fused-ring (bicyclic) bond motifs is 2. The van der Waals surface area contributed by atoms with Crippen LogP contribution in [0.15, 0.2) is 67.0 Å². The Hall–Kier alpha value is -4.59. The Kier molecular flexibility index (Phi) is 10.7. The number of aryl methyl sites for hydroxylation is 1. The average Bonchev–Trinajstić information content (AvgIpc) is 3.75. The van der Waals surface area contributed by atoms with Crippen LogP contribution in [0.4, 0.5) is 17.2 Å². The Morgan fingerprint density at radius 3 is 2.47 bits per heavy atom. The van der Waals surface area contributed by atoms with Crippen LogP contribution in [0.1, 0.15) is 67.8 Å². The lowest BCUT2D eigenvalue weighted by molar-refractivity contribution is -0.153. The van der Waals surface area contributed by atoms with Gasteiger partial charge in [0.2, 0.25) is 0 Å². The molecule has 0 spiro atoms. The summed E-state index contributed by atoms with van der Waals surface area (Å²) in [6.45, 7) is 8.47. The van der Waals surface area contributed by atoms with Crippen molar-refractivity contribution in [2.75, 3.05) is 30.3 Å². The van der Waals surface area contributed by atoms with Crippen molar-refractivity contribution < 1.29 is 19.4 Å². The number of hydrogen-bond donors (Lipinski definition) is 4. The van der Waals surface area contributed by atoms with Gasteiger partial charge in [0.1, 0.15) is 11.1 Å². The first-order valence-corrected chi connectivity index (χ1v) is 18.5. The van der Waals surface area contributed by atoms with Crippen molar-refractivity contribution in [2.24, 2.45) is 0 Å². The van der Waals surface area contributed by atoms with Crippen LogP contribution in [-0.4, -0.2) is 73.0 Å². The summed E-state index contributed by atoms with van der Waals surface area (Å²) in [6.07, 6.45) is 5.74. The summed E-state index contributed by atoms with van der Waals surface area (Å²) in [4.78, 5) is 37.3. The van der Waals surface area contributed by atoms with E-state index in [0.717, 1.165) is 49.0 Å². The van der Waals surface area contributed by atoms with Crippen LogP contribution in [0.3, 0.4) is 0 Å². The standard InChI is InChI=1S/C39H42Cl2N8O4/c1-39(2,3)53-33(51)20-43-28-11-6-15-49-32(28)18-31(47-49)38(52)46-30-10-5-8-27(35(30)41)26-7-4-9-29(34(26)40)45-37-36-24(12-14-42-37)17-23(19-44-36)21-48-16-13-25(50)22-48/h4-5,7-10,12,14,17-19,25,28,43,50H,6,11,13,15-16,20-22H2,1-3H3,(H,42,45)(H,46,52)/t25-,28+/m1/s1. The number of amides is 1. The summed E-state index contributed by atoms with van der Waals surface area (Å²) in [5, 5.41) is 25.7. The Balaban J connectivity index is 1.06. The van der Waals surface area contributed by atoms with E-state index in [0.29, 0.717) is 57.0 Å². The molecule has 0 unspecified atom stereocenters. The zero-order valence-corrected chi connectivity index (χ0v) is 31.3. The number of carbonyl (C=O) groups is 2. The Morgan fingerprint density at radius 2 is 1.74 bits per heavy atom. The van der Waals surface area contributed by atoms with Crippen molar-refractivity contribution in [1.82, 2.24) is 30.0 Å². The van der Waals surface area contributed by atoms with Crippen molar-refractivity contribution in [3.05, 3.63) is 94.0 Å². The van der Waals surface area contributed by atoms with Gasteiger partial charge < -0.3 is 20.5 Å². The van der Waals surface area contributed by atoms with Crippen molar-refractivity contribution >= 4 is 63.2 Å². The number of rotatable bonds is 10. The third-order valence-corrected chi connectivity index (χ3v) is 10.1. The Labute approximate surface area is 317 Å². The smallest absolute Gasteiger partial charge is 0.320 e. The van der Waals surface area contributed by atoms with Gasteiger partial charge in [-0.25, -0.2) is 4.98 Å². The molecule has 0 radical (unpaired) electrons. The lowest BCUT2D eigenvalue weighted by Crippen LogP contribution is -2.35. The quantitative estimate of drug-likeness (QED) is 0.109. The maximum atomic E-state index is 13.5. The first kappa shape index (κ1) is 36.8. The first-order valence-electron chi connectivity index (χ1n) is 17.7. The van der Waals surface area contributed by atoms with E-state index in [2.05, 4.69) is 37.0 Å². The van der Waals surface area contributed by atoms with E-state index in [4.69, 9.17) is 32.9 Å². The minimum absolute atomic E-state index is 0.0541. The van der Waals surface area contributed by atoms with Gasteiger partial charge in [0.15, 0.2) is 11.5 Å². The van der Waals surface area contributed by atoms with E-state index >= 15 is 0 Å². The number of aliphatic hydroxyl groups excluding tert-OH is 1. The molecule has 0 bridgehead atoms. The number of pyridine rings is 2. The van der Waals surface area contributed by atoms with E-state index < -0.39 is 11.5 Å². The maximum absolute atomic E-state index is 13.5. The lowest BCUT2D eigenvalue weighted by Gasteiger charge is -2.25. The summed E-state index contributed by atoms with van der Waals surface area (Å²) in [5.74, 6) is -0.189. The number of anilines is 3. The molecule has 14 heteroatoms. The molecule has 2 aromatic carbocycles. The van der Waals surface area contributed by atoms with Gasteiger partial charge in [-0.2, -0.15) is 5.10 Å². The zero-order chi connectivity index (χ0) is 37.3. The van der Waals surface area contributed by atoms with Gasteiger partial charge in [0, 0.05) is 61.1 Å². The molecule has 1 fully saturated rings. The van der Waals surface area contributed by atoms with Crippen LogP contribution in [0.25, 0.3) is 22.0 Å². The van der Waals surface area contributed by atoms with Gasteiger partial charge in [-0.3, -0.25) is 29.5 Å². The number of likely N-dealkylation sites (tertiary alicyclic amines) is 1. The van der Waals surface area contributed by atoms with Gasteiger partial charge >= 0.3 is 5.97 Å². The molecule has 7 rings (SSSR count). The van der Waals surface area contributed by atoms with Gasteiger partial charge in [0.05, 0.1) is 39.8 Å². The molecule has 53 heavy (non-hydrogen) atoms. The normalized spacial score (nSPS) is 17.5. The van der Waals surface area contributed by atoms with E-state index in [-0.39, 0.29) is 30.4 Å². The van der Waals surface area contributed by atoms with Crippen LogP contribution in [0, 0.1) is 0 Å². The molecule has 1 saturated heterocycles. The molecule has 1 amide bonds. The molecule has 5 heterocycles. The fraction of sp³-hybridized carbons (Fsp3) is 0.359. The number of esters is 1. The van der Waals surface area contributed by atoms with Crippen molar-refractivity contribution in [3.63, 3.8) is 0 Å². The molecule has 2 aliphatic heterocycles. The molecule has 4 N–H and O–H groups in total. The second-order valence-electron chi connectivity index (χ2n) is 14.5. The molecule has 0 aliphatic carbocycles. The zero-order valence-electron chi connectivity index (χ0n) is 29.8.